The second-order valence-electron chi connectivity index (χ2n) is 5.34. The highest BCUT2D eigenvalue weighted by molar-refractivity contribution is 5.10. The van der Waals surface area contributed by atoms with Crippen LogP contribution in [0.1, 0.15) is 33.4 Å². The molecule has 3 nitrogen and oxygen atoms in total. The molecule has 0 bridgehead atoms. The van der Waals surface area contributed by atoms with Gasteiger partial charge in [0.15, 0.2) is 0 Å². The van der Waals surface area contributed by atoms with Crippen LogP contribution >= 0.6 is 0 Å². The summed E-state index contributed by atoms with van der Waals surface area (Å²) in [6.45, 7) is 11.0. The monoisotopic (exact) mass is 209 g/mol. The zero-order valence-corrected chi connectivity index (χ0v) is 10.5. The largest absolute Gasteiger partial charge is 0.334 e. The molecule has 3 heteroatoms. The van der Waals surface area contributed by atoms with Crippen molar-refractivity contribution in [3.05, 3.63) is 18.2 Å². The molecule has 1 heterocycles. The van der Waals surface area contributed by atoms with E-state index in [0.29, 0.717) is 5.92 Å². The Bertz CT molecular complexity index is 296. The summed E-state index contributed by atoms with van der Waals surface area (Å²) >= 11 is 0. The van der Waals surface area contributed by atoms with Gasteiger partial charge in [-0.15, -0.1) is 0 Å². The van der Waals surface area contributed by atoms with Crippen molar-refractivity contribution in [3.8, 4) is 0 Å². The molecule has 0 amide bonds. The van der Waals surface area contributed by atoms with E-state index in [0.717, 1.165) is 13.1 Å². The first-order valence-corrected chi connectivity index (χ1v) is 5.60. The fourth-order valence-electron chi connectivity index (χ4n) is 1.84. The van der Waals surface area contributed by atoms with Gasteiger partial charge in [-0.3, -0.25) is 0 Å². The highest BCUT2D eigenvalue weighted by atomic mass is 15.1. The van der Waals surface area contributed by atoms with Gasteiger partial charge in [0.05, 0.1) is 6.33 Å². The highest BCUT2D eigenvalue weighted by Gasteiger charge is 2.19. The summed E-state index contributed by atoms with van der Waals surface area (Å²) in [7, 11) is 2.00. The molecule has 1 atom stereocenters. The van der Waals surface area contributed by atoms with Crippen LogP contribution in [-0.4, -0.2) is 23.1 Å². The third kappa shape index (κ3) is 3.34. The Hall–Kier alpha value is -0.830. The molecule has 0 aliphatic rings. The number of nitrogens with zero attached hydrogens (tertiary/aromatic N) is 2. The molecule has 0 aliphatic carbocycles. The van der Waals surface area contributed by atoms with Crippen molar-refractivity contribution >= 4 is 0 Å². The second-order valence-corrected chi connectivity index (χ2v) is 5.34. The van der Waals surface area contributed by atoms with Gasteiger partial charge in [-0.1, -0.05) is 27.7 Å². The molecular weight excluding hydrogens is 186 g/mol. The van der Waals surface area contributed by atoms with Crippen LogP contribution in [-0.2, 0) is 12.0 Å². The Balaban J connectivity index is 2.74. The lowest BCUT2D eigenvalue weighted by Crippen LogP contribution is -2.24. The number of rotatable bonds is 4. The van der Waals surface area contributed by atoms with Gasteiger partial charge in [-0.2, -0.15) is 0 Å². The van der Waals surface area contributed by atoms with Crippen LogP contribution in [0.15, 0.2) is 12.5 Å². The van der Waals surface area contributed by atoms with Crippen LogP contribution in [0.4, 0.5) is 0 Å². The van der Waals surface area contributed by atoms with Gasteiger partial charge >= 0.3 is 0 Å². The maximum absolute atomic E-state index is 4.24. The van der Waals surface area contributed by atoms with Crippen molar-refractivity contribution in [2.24, 2.45) is 5.92 Å². The fourth-order valence-corrected chi connectivity index (χ4v) is 1.84. The molecule has 0 fully saturated rings. The number of nitrogens with one attached hydrogen (secondary N) is 1. The minimum atomic E-state index is 0.176. The van der Waals surface area contributed by atoms with Gasteiger partial charge in [0.1, 0.15) is 0 Å². The maximum Gasteiger partial charge on any atom is 0.0948 e. The number of aromatic nitrogens is 2. The minimum Gasteiger partial charge on any atom is -0.334 e. The van der Waals surface area contributed by atoms with E-state index in [1.54, 1.807) is 0 Å². The lowest BCUT2D eigenvalue weighted by atomic mass is 9.92. The van der Waals surface area contributed by atoms with Crippen LogP contribution in [0.5, 0.6) is 0 Å². The molecule has 0 saturated heterocycles. The van der Waals surface area contributed by atoms with Crippen molar-refractivity contribution in [1.29, 1.82) is 0 Å². The molecule has 0 spiro atoms. The van der Waals surface area contributed by atoms with E-state index in [-0.39, 0.29) is 5.41 Å². The lowest BCUT2D eigenvalue weighted by Gasteiger charge is -2.22. The van der Waals surface area contributed by atoms with Crippen molar-refractivity contribution < 1.29 is 0 Å². The molecule has 1 aromatic heterocycles. The Morgan fingerprint density at radius 3 is 2.67 bits per heavy atom. The van der Waals surface area contributed by atoms with Crippen LogP contribution in [0.2, 0.25) is 0 Å². The van der Waals surface area contributed by atoms with Crippen molar-refractivity contribution in [2.75, 3.05) is 13.6 Å². The Morgan fingerprint density at radius 1 is 1.47 bits per heavy atom. The first kappa shape index (κ1) is 12.2. The molecule has 0 aromatic carbocycles. The summed E-state index contributed by atoms with van der Waals surface area (Å²) in [4.78, 5) is 4.24. The summed E-state index contributed by atoms with van der Waals surface area (Å²) < 4.78 is 2.27. The van der Waals surface area contributed by atoms with Crippen LogP contribution in [0.25, 0.3) is 0 Å². The first-order valence-electron chi connectivity index (χ1n) is 5.60. The minimum absolute atomic E-state index is 0.176. The average molecular weight is 209 g/mol. The van der Waals surface area contributed by atoms with Crippen molar-refractivity contribution in [1.82, 2.24) is 14.9 Å². The standard InChI is InChI=1S/C12H23N3/c1-10(6-13-5)8-15-9-14-7-11(15)12(2,3)4/h7,9-10,13H,6,8H2,1-5H3. The Kier molecular flexibility index (Phi) is 3.91. The molecule has 0 radical (unpaired) electrons. The van der Waals surface area contributed by atoms with Crippen LogP contribution < -0.4 is 5.32 Å². The summed E-state index contributed by atoms with van der Waals surface area (Å²) in [5.41, 5.74) is 1.49. The van der Waals surface area contributed by atoms with E-state index in [1.165, 1.54) is 5.69 Å². The molecule has 0 saturated carbocycles. The zero-order chi connectivity index (χ0) is 11.5. The van der Waals surface area contributed by atoms with E-state index in [1.807, 2.05) is 19.6 Å². The zero-order valence-electron chi connectivity index (χ0n) is 10.5. The fraction of sp³-hybridized carbons (Fsp3) is 0.750. The SMILES string of the molecule is CNCC(C)Cn1cncc1C(C)(C)C. The number of hydrogen-bond donors (Lipinski definition) is 1. The van der Waals surface area contributed by atoms with Crippen molar-refractivity contribution in [3.63, 3.8) is 0 Å². The maximum atomic E-state index is 4.24. The van der Waals surface area contributed by atoms with Gasteiger partial charge in [0, 0.05) is 23.9 Å². The molecule has 0 aliphatic heterocycles. The highest BCUT2D eigenvalue weighted by Crippen LogP contribution is 2.22. The van der Waals surface area contributed by atoms with Crippen molar-refractivity contribution in [2.45, 2.75) is 39.7 Å². The van der Waals surface area contributed by atoms with E-state index >= 15 is 0 Å². The Labute approximate surface area is 92.9 Å². The molecule has 1 aromatic rings. The predicted octanol–water partition coefficient (Wildman–Crippen LogP) is 2.04. The molecule has 1 unspecified atom stereocenters. The van der Waals surface area contributed by atoms with Gasteiger partial charge in [-0.05, 0) is 19.5 Å². The molecule has 86 valence electrons. The molecule has 1 N–H and O–H groups in total. The molecule has 15 heavy (non-hydrogen) atoms. The lowest BCUT2D eigenvalue weighted by molar-refractivity contribution is 0.428. The molecular formula is C12H23N3. The van der Waals surface area contributed by atoms with Gasteiger partial charge in [-0.25, -0.2) is 4.98 Å². The number of imidazole rings is 1. The Morgan fingerprint density at radius 2 is 2.13 bits per heavy atom. The topological polar surface area (TPSA) is 29.9 Å². The van der Waals surface area contributed by atoms with Crippen LogP contribution in [0, 0.1) is 5.92 Å². The summed E-state index contributed by atoms with van der Waals surface area (Å²) in [5.74, 6) is 0.630. The van der Waals surface area contributed by atoms with Gasteiger partial charge < -0.3 is 9.88 Å². The predicted molar refractivity (Wildman–Crippen MR) is 64.0 cm³/mol. The van der Waals surface area contributed by atoms with Gasteiger partial charge in [0.2, 0.25) is 0 Å². The third-order valence-electron chi connectivity index (χ3n) is 2.54. The second kappa shape index (κ2) is 4.79. The van der Waals surface area contributed by atoms with E-state index in [9.17, 15) is 0 Å². The summed E-state index contributed by atoms with van der Waals surface area (Å²) in [6, 6.07) is 0. The van der Waals surface area contributed by atoms with E-state index < -0.39 is 0 Å². The van der Waals surface area contributed by atoms with Gasteiger partial charge in [0.25, 0.3) is 0 Å². The molecule has 1 rings (SSSR count). The summed E-state index contributed by atoms with van der Waals surface area (Å²) in [6.07, 6.45) is 3.92. The summed E-state index contributed by atoms with van der Waals surface area (Å²) in [5, 5.41) is 3.20. The average Bonchev–Trinajstić information content (AvgIpc) is 2.51. The smallest absolute Gasteiger partial charge is 0.0948 e. The first-order chi connectivity index (χ1) is 6.95. The third-order valence-corrected chi connectivity index (χ3v) is 2.54. The van der Waals surface area contributed by atoms with E-state index in [2.05, 4.69) is 42.6 Å². The van der Waals surface area contributed by atoms with Crippen LogP contribution in [0.3, 0.4) is 0 Å². The number of hydrogen-bond acceptors (Lipinski definition) is 2. The van der Waals surface area contributed by atoms with E-state index in [4.69, 9.17) is 0 Å². The quantitative estimate of drug-likeness (QED) is 0.822. The normalized spacial score (nSPS) is 14.2.